The first-order valence-corrected chi connectivity index (χ1v) is 3.20. The minimum absolute atomic E-state index is 0. The predicted octanol–water partition coefficient (Wildman–Crippen LogP) is 2.85. The molecule has 0 aromatic carbocycles. The Hall–Kier alpha value is 1.17. The fraction of sp³-hybridized carbons (Fsp3) is 0.857. The van der Waals surface area contributed by atoms with Crippen LogP contribution in [0, 0.1) is 6.92 Å². The summed E-state index contributed by atoms with van der Waals surface area (Å²) >= 11 is 0. The van der Waals surface area contributed by atoms with Gasteiger partial charge in [-0.25, -0.2) is 0 Å². The standard InChI is InChI=1S/C4H10.C2H5.CH3B.Y/c1-3-4-2;2*1-2;/h3-4H2,1-2H3;1H2,2H3;1H3;/q;-1;;. The van der Waals surface area contributed by atoms with Crippen LogP contribution in [0.1, 0.15) is 33.6 Å². The van der Waals surface area contributed by atoms with E-state index in [4.69, 9.17) is 0 Å². The van der Waals surface area contributed by atoms with Gasteiger partial charge in [0.25, 0.3) is 0 Å². The molecule has 53 valence electrons. The van der Waals surface area contributed by atoms with E-state index in [2.05, 4.69) is 28.6 Å². The molecular formula is C7H18BY-. The molecule has 3 radical (unpaired) electrons. The third kappa shape index (κ3) is 100. The molecule has 0 aliphatic rings. The van der Waals surface area contributed by atoms with Gasteiger partial charge in [-0.1, -0.05) is 33.5 Å². The van der Waals surface area contributed by atoms with Gasteiger partial charge in [0.1, 0.15) is 0 Å². The van der Waals surface area contributed by atoms with Crippen molar-refractivity contribution < 1.29 is 32.7 Å². The second kappa shape index (κ2) is 60.9. The number of rotatable bonds is 1. The van der Waals surface area contributed by atoms with Crippen LogP contribution in [0.2, 0.25) is 6.82 Å². The number of hydrogen-bond donors (Lipinski definition) is 0. The monoisotopic (exact) mass is 202 g/mol. The zero-order valence-corrected chi connectivity index (χ0v) is 10.1. The molecule has 0 atom stereocenters. The van der Waals surface area contributed by atoms with Crippen molar-refractivity contribution in [2.75, 3.05) is 0 Å². The molecule has 0 saturated heterocycles. The van der Waals surface area contributed by atoms with Crippen molar-refractivity contribution in [1.82, 2.24) is 0 Å². The first-order valence-electron chi connectivity index (χ1n) is 3.20. The van der Waals surface area contributed by atoms with E-state index in [1.165, 1.54) is 19.7 Å². The maximum Gasteiger partial charge on any atom is 0.0606 e. The maximum absolute atomic E-state index is 4.50. The largest absolute Gasteiger partial charge is 0.346 e. The van der Waals surface area contributed by atoms with E-state index in [1.807, 2.05) is 0 Å². The van der Waals surface area contributed by atoms with Gasteiger partial charge in [0, 0.05) is 32.7 Å². The molecule has 0 rings (SSSR count). The van der Waals surface area contributed by atoms with Crippen molar-refractivity contribution in [2.45, 2.75) is 40.4 Å². The Morgan fingerprint density at radius 3 is 1.11 bits per heavy atom. The van der Waals surface area contributed by atoms with Crippen LogP contribution in [0.15, 0.2) is 0 Å². The average molecular weight is 202 g/mol. The van der Waals surface area contributed by atoms with E-state index in [0.29, 0.717) is 0 Å². The van der Waals surface area contributed by atoms with Crippen molar-refractivity contribution in [1.29, 1.82) is 0 Å². The van der Waals surface area contributed by atoms with E-state index < -0.39 is 0 Å². The van der Waals surface area contributed by atoms with Crippen molar-refractivity contribution >= 4 is 7.85 Å². The summed E-state index contributed by atoms with van der Waals surface area (Å²) in [5.41, 5.74) is 0. The molecule has 0 aliphatic carbocycles. The molecule has 2 heteroatoms. The van der Waals surface area contributed by atoms with Gasteiger partial charge in [-0.3, -0.25) is 0 Å². The van der Waals surface area contributed by atoms with Gasteiger partial charge < -0.3 is 6.92 Å². The molecule has 0 amide bonds. The molecule has 0 spiro atoms. The fourth-order valence-electron chi connectivity index (χ4n) is 0. The van der Waals surface area contributed by atoms with Crippen molar-refractivity contribution in [3.63, 3.8) is 0 Å². The normalized spacial score (nSPS) is 4.56. The van der Waals surface area contributed by atoms with Crippen molar-refractivity contribution in [2.24, 2.45) is 0 Å². The second-order valence-electron chi connectivity index (χ2n) is 1.000. The summed E-state index contributed by atoms with van der Waals surface area (Å²) in [7, 11) is 4.50. The smallest absolute Gasteiger partial charge is 0.0606 e. The van der Waals surface area contributed by atoms with E-state index in [-0.39, 0.29) is 32.7 Å². The first-order chi connectivity index (χ1) is 3.91. The van der Waals surface area contributed by atoms with E-state index in [1.54, 1.807) is 6.92 Å². The molecule has 0 aromatic heterocycles. The summed E-state index contributed by atoms with van der Waals surface area (Å²) in [6.07, 6.45) is 2.64. The van der Waals surface area contributed by atoms with Crippen LogP contribution in [0.5, 0.6) is 0 Å². The van der Waals surface area contributed by atoms with Crippen LogP contribution in [0.3, 0.4) is 0 Å². The topological polar surface area (TPSA) is 0 Å². The van der Waals surface area contributed by atoms with Gasteiger partial charge >= 0.3 is 0 Å². The van der Waals surface area contributed by atoms with Gasteiger partial charge in [0.05, 0.1) is 7.85 Å². The molecule has 0 heterocycles. The summed E-state index contributed by atoms with van der Waals surface area (Å²) in [6.45, 7) is 10.9. The van der Waals surface area contributed by atoms with Gasteiger partial charge in [0.15, 0.2) is 0 Å². The molecule has 0 bridgehead atoms. The quantitative estimate of drug-likeness (QED) is 0.453. The summed E-state index contributed by atoms with van der Waals surface area (Å²) in [6, 6.07) is 0. The van der Waals surface area contributed by atoms with Crippen LogP contribution < -0.4 is 0 Å². The first kappa shape index (κ1) is 22.5. The minimum Gasteiger partial charge on any atom is -0.346 e. The zero-order valence-electron chi connectivity index (χ0n) is 7.28. The molecular weight excluding hydrogens is 184 g/mol. The van der Waals surface area contributed by atoms with Gasteiger partial charge in [-0.05, 0) is 0 Å². The zero-order chi connectivity index (χ0) is 7.41. The van der Waals surface area contributed by atoms with Crippen LogP contribution >= 0.6 is 0 Å². The Kier molecular flexibility index (Phi) is 152. The summed E-state index contributed by atoms with van der Waals surface area (Å²) in [5.74, 6) is 0. The third-order valence-corrected chi connectivity index (χ3v) is 0.500. The summed E-state index contributed by atoms with van der Waals surface area (Å²) in [5, 5.41) is 0. The minimum atomic E-state index is 0. The Morgan fingerprint density at radius 2 is 1.11 bits per heavy atom. The van der Waals surface area contributed by atoms with Gasteiger partial charge in [-0.15, -0.1) is 0 Å². The van der Waals surface area contributed by atoms with Gasteiger partial charge in [-0.2, -0.15) is 6.92 Å². The molecule has 0 fully saturated rings. The molecule has 0 aromatic rings. The Bertz CT molecular complexity index is 10.9. The fourth-order valence-corrected chi connectivity index (χ4v) is 0. The number of unbranched alkanes of at least 4 members (excludes halogenated alkanes) is 1. The Labute approximate surface area is 87.5 Å². The van der Waals surface area contributed by atoms with Crippen LogP contribution in [0.4, 0.5) is 0 Å². The SMILES string of the molecule is CCCC.[B]C.[CH2-]C.[Y]. The maximum atomic E-state index is 4.50. The predicted molar refractivity (Wildman–Crippen MR) is 43.2 cm³/mol. The van der Waals surface area contributed by atoms with Crippen LogP contribution in [0.25, 0.3) is 0 Å². The van der Waals surface area contributed by atoms with E-state index in [9.17, 15) is 0 Å². The van der Waals surface area contributed by atoms with E-state index in [0.717, 1.165) is 0 Å². The molecule has 0 N–H and O–H groups in total. The Morgan fingerprint density at radius 1 is 1.00 bits per heavy atom. The second-order valence-corrected chi connectivity index (χ2v) is 1.000. The van der Waals surface area contributed by atoms with E-state index >= 15 is 0 Å². The third-order valence-electron chi connectivity index (χ3n) is 0.500. The average Bonchev–Trinajstić information content (AvgIpc) is 1.96. The molecule has 0 nitrogen and oxygen atoms in total. The molecule has 0 aliphatic heterocycles. The van der Waals surface area contributed by atoms with Crippen molar-refractivity contribution in [3.8, 4) is 0 Å². The molecule has 0 saturated carbocycles. The van der Waals surface area contributed by atoms with Crippen LogP contribution in [-0.4, -0.2) is 7.85 Å². The van der Waals surface area contributed by atoms with Crippen LogP contribution in [-0.2, 0) is 32.7 Å². The molecule has 9 heavy (non-hydrogen) atoms. The van der Waals surface area contributed by atoms with Crippen molar-refractivity contribution in [3.05, 3.63) is 6.92 Å². The van der Waals surface area contributed by atoms with Gasteiger partial charge in [0.2, 0.25) is 0 Å². The number of hydrogen-bond acceptors (Lipinski definition) is 0. The summed E-state index contributed by atoms with van der Waals surface area (Å²) in [4.78, 5) is 0. The summed E-state index contributed by atoms with van der Waals surface area (Å²) < 4.78 is 0. The Balaban J connectivity index is -0.0000000221. The molecule has 0 unspecified atom stereocenters.